The first-order valence-electron chi connectivity index (χ1n) is 22.8. The van der Waals surface area contributed by atoms with Crippen LogP contribution in [0.4, 0.5) is 11.4 Å². The summed E-state index contributed by atoms with van der Waals surface area (Å²) in [5, 5.41) is 18.5. The van der Waals surface area contributed by atoms with Crippen LogP contribution in [0.5, 0.6) is 23.0 Å². The van der Waals surface area contributed by atoms with Crippen molar-refractivity contribution in [3.05, 3.63) is 71.8 Å². The number of rotatable bonds is 23. The highest BCUT2D eigenvalue weighted by atomic mass is 16.6. The van der Waals surface area contributed by atoms with Gasteiger partial charge in [-0.1, -0.05) is 104 Å². The summed E-state index contributed by atoms with van der Waals surface area (Å²) in [6, 6.07) is 19.9. The molecule has 0 saturated heterocycles. The van der Waals surface area contributed by atoms with Crippen LogP contribution in [-0.2, 0) is 16.2 Å². The Morgan fingerprint density at radius 3 is 1.76 bits per heavy atom. The second-order valence-electron chi connectivity index (χ2n) is 16.7. The van der Waals surface area contributed by atoms with Crippen LogP contribution in [0.3, 0.4) is 0 Å². The molecule has 9 heteroatoms. The van der Waals surface area contributed by atoms with Gasteiger partial charge in [0.05, 0.1) is 35.8 Å². The first-order valence-corrected chi connectivity index (χ1v) is 22.8. The van der Waals surface area contributed by atoms with Crippen LogP contribution in [0.25, 0.3) is 0 Å². The van der Waals surface area contributed by atoms with E-state index in [0.29, 0.717) is 52.5 Å². The molecule has 0 heterocycles. The maximum atomic E-state index is 13.7. The summed E-state index contributed by atoms with van der Waals surface area (Å²) in [5.74, 6) is 2.24. The third-order valence-corrected chi connectivity index (χ3v) is 12.1. The van der Waals surface area contributed by atoms with Crippen LogP contribution in [0, 0.1) is 35.0 Å². The minimum absolute atomic E-state index is 0.0554. The minimum atomic E-state index is -0.240. The molecule has 2 aliphatic carbocycles. The fourth-order valence-electron chi connectivity index (χ4n) is 8.33. The molecule has 3 aromatic carbocycles. The maximum absolute atomic E-state index is 13.7. The first kappa shape index (κ1) is 45.4. The molecule has 2 aliphatic rings. The van der Waals surface area contributed by atoms with Gasteiger partial charge < -0.3 is 18.9 Å². The van der Waals surface area contributed by atoms with E-state index in [1.807, 2.05) is 12.1 Å². The summed E-state index contributed by atoms with van der Waals surface area (Å²) >= 11 is 0. The smallest absolute Gasteiger partial charge is 0.314 e. The lowest BCUT2D eigenvalue weighted by Gasteiger charge is -2.27. The second kappa shape index (κ2) is 25.0. The molecule has 0 N–H and O–H groups in total. The first-order chi connectivity index (χ1) is 28.9. The molecular weight excluding hydrogens is 739 g/mol. The van der Waals surface area contributed by atoms with Crippen molar-refractivity contribution in [2.75, 3.05) is 6.61 Å². The highest BCUT2D eigenvalue weighted by Gasteiger charge is 2.30. The Morgan fingerprint density at radius 2 is 1.19 bits per heavy atom. The molecule has 2 saturated carbocycles. The van der Waals surface area contributed by atoms with Crippen LogP contribution < -0.4 is 18.9 Å². The molecule has 0 aromatic heterocycles. The fourth-order valence-corrected chi connectivity index (χ4v) is 8.33. The maximum Gasteiger partial charge on any atom is 0.314 e. The van der Waals surface area contributed by atoms with Crippen molar-refractivity contribution in [1.29, 1.82) is 5.26 Å². The van der Waals surface area contributed by atoms with E-state index < -0.39 is 0 Å². The molecule has 0 atom stereocenters. The monoisotopic (exact) mass is 806 g/mol. The molecule has 0 aliphatic heterocycles. The summed E-state index contributed by atoms with van der Waals surface area (Å²) in [4.78, 5) is 26.7. The number of unbranched alkanes of at least 4 members (excludes halogenated alkanes) is 7. The van der Waals surface area contributed by atoms with Gasteiger partial charge >= 0.3 is 11.9 Å². The second-order valence-corrected chi connectivity index (χ2v) is 16.7. The van der Waals surface area contributed by atoms with Crippen LogP contribution in [0.15, 0.2) is 70.9 Å². The van der Waals surface area contributed by atoms with Gasteiger partial charge in [-0.25, -0.2) is 0 Å². The molecule has 0 amide bonds. The zero-order chi connectivity index (χ0) is 41.7. The number of nitrogens with zero attached hydrogens (tertiary/aromatic N) is 3. The van der Waals surface area contributed by atoms with Crippen LogP contribution >= 0.6 is 0 Å². The van der Waals surface area contributed by atoms with E-state index in [9.17, 15) is 14.9 Å². The summed E-state index contributed by atoms with van der Waals surface area (Å²) in [5.41, 5.74) is 2.39. The predicted octanol–water partition coefficient (Wildman–Crippen LogP) is 14.1. The third-order valence-electron chi connectivity index (χ3n) is 12.1. The van der Waals surface area contributed by atoms with Gasteiger partial charge in [-0.3, -0.25) is 9.59 Å². The number of carbonyl (C=O) groups is 2. The molecular formula is C50H67N3O6. The Labute approximate surface area is 353 Å². The Kier molecular flexibility index (Phi) is 19.3. The predicted molar refractivity (Wildman–Crippen MR) is 233 cm³/mol. The van der Waals surface area contributed by atoms with Gasteiger partial charge in [-0.15, -0.1) is 5.11 Å². The number of hydrogen-bond acceptors (Lipinski definition) is 9. The van der Waals surface area contributed by atoms with E-state index in [2.05, 4.69) is 37.1 Å². The number of ether oxygens (including phenoxy) is 4. The number of hydrogen-bond donors (Lipinski definition) is 0. The minimum Gasteiger partial charge on any atom is -0.486 e. The molecule has 318 valence electrons. The number of nitriles is 1. The van der Waals surface area contributed by atoms with E-state index >= 15 is 0 Å². The lowest BCUT2D eigenvalue weighted by molar-refractivity contribution is -0.141. The summed E-state index contributed by atoms with van der Waals surface area (Å²) in [6.45, 7) is 7.22. The number of carbonyl (C=O) groups excluding carboxylic acids is 2. The third kappa shape index (κ3) is 14.8. The van der Waals surface area contributed by atoms with Crippen LogP contribution in [-0.4, -0.2) is 18.5 Å². The van der Waals surface area contributed by atoms with Crippen molar-refractivity contribution in [3.8, 4) is 29.1 Å². The van der Waals surface area contributed by atoms with Crippen molar-refractivity contribution >= 4 is 23.3 Å². The van der Waals surface area contributed by atoms with Crippen molar-refractivity contribution in [2.45, 2.75) is 156 Å². The highest BCUT2D eigenvalue weighted by Crippen LogP contribution is 2.46. The molecule has 5 rings (SSSR count). The van der Waals surface area contributed by atoms with Crippen molar-refractivity contribution in [3.63, 3.8) is 0 Å². The van der Waals surface area contributed by atoms with Crippen LogP contribution in [0.2, 0.25) is 0 Å². The molecule has 2 fully saturated rings. The molecule has 0 unspecified atom stereocenters. The van der Waals surface area contributed by atoms with Gasteiger partial charge in [0, 0.05) is 0 Å². The average molecular weight is 806 g/mol. The molecule has 0 radical (unpaired) electrons. The molecule has 0 spiro atoms. The largest absolute Gasteiger partial charge is 0.486 e. The Bertz CT molecular complexity index is 1780. The van der Waals surface area contributed by atoms with Crippen molar-refractivity contribution in [1.82, 2.24) is 0 Å². The van der Waals surface area contributed by atoms with Crippen LogP contribution in [0.1, 0.15) is 160 Å². The molecule has 0 bridgehead atoms. The zero-order valence-electron chi connectivity index (χ0n) is 35.9. The quantitative estimate of drug-likeness (QED) is 0.0405. The van der Waals surface area contributed by atoms with E-state index in [4.69, 9.17) is 18.9 Å². The normalized spacial score (nSPS) is 19.2. The average Bonchev–Trinajstić information content (AvgIpc) is 3.27. The van der Waals surface area contributed by atoms with Gasteiger partial charge in [0.15, 0.2) is 11.5 Å². The molecule has 59 heavy (non-hydrogen) atoms. The standard InChI is InChI=1S/C50H67N3O6/c1-4-7-10-13-34-56-48-46(59-50(55)42-26-22-38(23-27-42)15-12-9-6-3)33-32-45(47(48)57-36-40-18-16-39(35-51)17-19-40)53-52-43-28-30-44(31-29-43)58-49(54)41-24-20-37(21-25-41)14-11-8-5-2/h16-19,28-33,37-38,41-42H,4-15,20-27,34,36H2,1-3H3. The Morgan fingerprint density at radius 1 is 0.610 bits per heavy atom. The van der Waals surface area contributed by atoms with Gasteiger partial charge in [0.25, 0.3) is 0 Å². The molecule has 9 nitrogen and oxygen atoms in total. The lowest BCUT2D eigenvalue weighted by Crippen LogP contribution is -2.26. The topological polar surface area (TPSA) is 120 Å². The number of azo groups is 1. The van der Waals surface area contributed by atoms with Crippen molar-refractivity contribution < 1.29 is 28.5 Å². The fraction of sp³-hybridized carbons (Fsp3) is 0.580. The van der Waals surface area contributed by atoms with Gasteiger partial charge in [0.1, 0.15) is 18.0 Å². The lowest BCUT2D eigenvalue weighted by atomic mass is 9.80. The zero-order valence-corrected chi connectivity index (χ0v) is 35.9. The van der Waals surface area contributed by atoms with E-state index in [0.717, 1.165) is 88.5 Å². The summed E-state index contributed by atoms with van der Waals surface area (Å²) in [7, 11) is 0. The van der Waals surface area contributed by atoms with Crippen molar-refractivity contribution in [2.24, 2.45) is 33.9 Å². The number of esters is 2. The Balaban J connectivity index is 1.32. The number of benzene rings is 3. The van der Waals surface area contributed by atoms with Gasteiger partial charge in [-0.2, -0.15) is 10.4 Å². The van der Waals surface area contributed by atoms with E-state index in [-0.39, 0.29) is 30.4 Å². The SMILES string of the molecule is CCCCCCOc1c(OC(=O)C2CCC(CCCCC)CC2)ccc(N=Nc2ccc(OC(=O)C3CCC(CCCCC)CC3)cc2)c1OCc1ccc(C#N)cc1. The summed E-state index contributed by atoms with van der Waals surface area (Å²) in [6.07, 6.45) is 21.8. The summed E-state index contributed by atoms with van der Waals surface area (Å²) < 4.78 is 24.8. The molecule has 3 aromatic rings. The van der Waals surface area contributed by atoms with Gasteiger partial charge in [0.2, 0.25) is 5.75 Å². The van der Waals surface area contributed by atoms with E-state index in [1.165, 1.54) is 51.4 Å². The van der Waals surface area contributed by atoms with E-state index in [1.54, 1.807) is 48.5 Å². The highest BCUT2D eigenvalue weighted by molar-refractivity contribution is 5.78. The van der Waals surface area contributed by atoms with Gasteiger partial charge in [-0.05, 0) is 124 Å². The Hall–Kier alpha value is -4.71.